The van der Waals surface area contributed by atoms with Crippen molar-refractivity contribution in [3.8, 4) is 0 Å². The molecule has 1 rings (SSSR count). The Morgan fingerprint density at radius 1 is 1.38 bits per heavy atom. The minimum Gasteiger partial charge on any atom is -0.392 e. The Bertz CT molecular complexity index is 231. The van der Waals surface area contributed by atoms with Crippen LogP contribution in [-0.4, -0.2) is 34.1 Å². The Morgan fingerprint density at radius 3 is 2.38 bits per heavy atom. The maximum absolute atomic E-state index is 9.76. The quantitative estimate of drug-likeness (QED) is 0.607. The molecule has 0 fully saturated rings. The molecule has 1 aliphatic rings. The Balaban J connectivity index is 3.05. The van der Waals surface area contributed by atoms with Crippen molar-refractivity contribution in [3.63, 3.8) is 0 Å². The van der Waals surface area contributed by atoms with Crippen LogP contribution in [0.3, 0.4) is 0 Å². The van der Waals surface area contributed by atoms with E-state index in [9.17, 15) is 10.3 Å². The van der Waals surface area contributed by atoms with Crippen molar-refractivity contribution < 1.29 is 10.3 Å². The minimum absolute atomic E-state index is 0.00743. The van der Waals surface area contributed by atoms with Crippen LogP contribution < -0.4 is 0 Å². The number of aliphatic hydroxyl groups excluding tert-OH is 1. The van der Waals surface area contributed by atoms with Crippen LogP contribution >= 0.6 is 0 Å². The Morgan fingerprint density at radius 2 is 1.92 bits per heavy atom. The van der Waals surface area contributed by atoms with E-state index in [4.69, 9.17) is 0 Å². The highest BCUT2D eigenvalue weighted by atomic mass is 16.5. The first kappa shape index (κ1) is 10.7. The molecule has 13 heavy (non-hydrogen) atoms. The number of aliphatic hydroxyl groups is 1. The summed E-state index contributed by atoms with van der Waals surface area (Å²) in [6.45, 7) is 8.51. The molecule has 3 heteroatoms. The van der Waals surface area contributed by atoms with Gasteiger partial charge in [0, 0.05) is 6.54 Å². The molecule has 0 bridgehead atoms. The third-order valence-electron chi connectivity index (χ3n) is 2.72. The zero-order valence-corrected chi connectivity index (χ0v) is 8.83. The third kappa shape index (κ3) is 1.93. The maximum Gasteiger partial charge on any atom is 0.0660 e. The zero-order chi connectivity index (χ0) is 10.3. The summed E-state index contributed by atoms with van der Waals surface area (Å²) in [7, 11) is 0. The predicted octanol–water partition coefficient (Wildman–Crippen LogP) is 1.41. The summed E-state index contributed by atoms with van der Waals surface area (Å²) in [4.78, 5) is 0. The molecule has 0 saturated heterocycles. The second-order valence-electron chi connectivity index (χ2n) is 4.93. The second kappa shape index (κ2) is 3.08. The number of nitrogens with zero attached hydrogens (tertiary/aromatic N) is 1. The Hall–Kier alpha value is -0.380. The summed E-state index contributed by atoms with van der Waals surface area (Å²) >= 11 is 0. The molecule has 1 aliphatic heterocycles. The minimum atomic E-state index is -0.440. The molecule has 3 nitrogen and oxygen atoms in total. The summed E-state index contributed by atoms with van der Waals surface area (Å²) in [5.41, 5.74) is 0.373. The fourth-order valence-electron chi connectivity index (χ4n) is 1.68. The van der Waals surface area contributed by atoms with Crippen molar-refractivity contribution in [2.45, 2.75) is 33.2 Å². The first-order valence-corrected chi connectivity index (χ1v) is 4.59. The summed E-state index contributed by atoms with van der Waals surface area (Å²) in [5.74, 6) is 0. The van der Waals surface area contributed by atoms with Gasteiger partial charge in [-0.25, -0.2) is 0 Å². The van der Waals surface area contributed by atoms with Crippen molar-refractivity contribution in [1.29, 1.82) is 0 Å². The van der Waals surface area contributed by atoms with E-state index in [0.29, 0.717) is 6.54 Å². The van der Waals surface area contributed by atoms with Gasteiger partial charge in [-0.2, -0.15) is 5.06 Å². The predicted molar refractivity (Wildman–Crippen MR) is 51.5 cm³/mol. The van der Waals surface area contributed by atoms with Gasteiger partial charge < -0.3 is 10.3 Å². The van der Waals surface area contributed by atoms with Crippen LogP contribution in [0, 0.1) is 5.41 Å². The summed E-state index contributed by atoms with van der Waals surface area (Å²) < 4.78 is 0. The van der Waals surface area contributed by atoms with Crippen LogP contribution in [0.4, 0.5) is 0 Å². The lowest BCUT2D eigenvalue weighted by molar-refractivity contribution is -0.170. The van der Waals surface area contributed by atoms with E-state index < -0.39 is 5.54 Å². The van der Waals surface area contributed by atoms with Gasteiger partial charge in [0.1, 0.15) is 0 Å². The lowest BCUT2D eigenvalue weighted by Crippen LogP contribution is -2.51. The molecular formula is C10H19NO2. The van der Waals surface area contributed by atoms with E-state index in [-0.39, 0.29) is 12.0 Å². The van der Waals surface area contributed by atoms with Crippen molar-refractivity contribution in [1.82, 2.24) is 5.06 Å². The topological polar surface area (TPSA) is 43.7 Å². The van der Waals surface area contributed by atoms with Crippen LogP contribution in [0.2, 0.25) is 0 Å². The van der Waals surface area contributed by atoms with Crippen LogP contribution in [-0.2, 0) is 0 Å². The molecule has 76 valence electrons. The normalized spacial score (nSPS) is 27.1. The van der Waals surface area contributed by atoms with Crippen molar-refractivity contribution in [3.05, 3.63) is 11.6 Å². The standard InChI is InChI=1S/C10H19NO2/c1-9(2)5-8(6-12)10(3,4)11(13)7-9/h5,12-13H,6-7H2,1-4H3. The highest BCUT2D eigenvalue weighted by Gasteiger charge is 2.38. The van der Waals surface area contributed by atoms with Gasteiger partial charge in [-0.1, -0.05) is 19.9 Å². The fourth-order valence-corrected chi connectivity index (χ4v) is 1.68. The smallest absolute Gasteiger partial charge is 0.0660 e. The average Bonchev–Trinajstić information content (AvgIpc) is 1.97. The van der Waals surface area contributed by atoms with E-state index in [1.54, 1.807) is 0 Å². The zero-order valence-electron chi connectivity index (χ0n) is 8.83. The van der Waals surface area contributed by atoms with E-state index in [1.165, 1.54) is 5.06 Å². The average molecular weight is 185 g/mol. The molecule has 1 heterocycles. The van der Waals surface area contributed by atoms with Crippen LogP contribution in [0.1, 0.15) is 27.7 Å². The summed E-state index contributed by atoms with van der Waals surface area (Å²) in [5, 5.41) is 20.2. The van der Waals surface area contributed by atoms with Crippen LogP contribution in [0.15, 0.2) is 11.6 Å². The molecular weight excluding hydrogens is 166 g/mol. The van der Waals surface area contributed by atoms with Gasteiger partial charge in [-0.3, -0.25) is 0 Å². The maximum atomic E-state index is 9.76. The molecule has 0 unspecified atom stereocenters. The number of hydrogen-bond acceptors (Lipinski definition) is 3. The summed E-state index contributed by atoms with van der Waals surface area (Å²) in [6, 6.07) is 0. The van der Waals surface area contributed by atoms with Gasteiger partial charge in [0.25, 0.3) is 0 Å². The SMILES string of the molecule is CC1(C)C=C(CO)C(C)(C)N(O)C1. The molecule has 2 N–H and O–H groups in total. The molecule has 0 aliphatic carbocycles. The van der Waals surface area contributed by atoms with Crippen LogP contribution in [0.25, 0.3) is 0 Å². The fraction of sp³-hybridized carbons (Fsp3) is 0.800. The molecule has 0 aromatic carbocycles. The van der Waals surface area contributed by atoms with E-state index in [2.05, 4.69) is 6.08 Å². The van der Waals surface area contributed by atoms with Gasteiger partial charge in [0.15, 0.2) is 0 Å². The molecule has 0 saturated carbocycles. The summed E-state index contributed by atoms with van der Waals surface area (Å²) in [6.07, 6.45) is 2.06. The van der Waals surface area contributed by atoms with Crippen LogP contribution in [0.5, 0.6) is 0 Å². The van der Waals surface area contributed by atoms with Gasteiger partial charge in [-0.15, -0.1) is 0 Å². The largest absolute Gasteiger partial charge is 0.392 e. The third-order valence-corrected chi connectivity index (χ3v) is 2.72. The van der Waals surface area contributed by atoms with E-state index in [0.717, 1.165) is 5.57 Å². The van der Waals surface area contributed by atoms with E-state index >= 15 is 0 Å². The Labute approximate surface area is 79.6 Å². The molecule has 0 atom stereocenters. The molecule has 0 radical (unpaired) electrons. The van der Waals surface area contributed by atoms with Gasteiger partial charge in [-0.05, 0) is 24.8 Å². The van der Waals surface area contributed by atoms with Gasteiger partial charge in [0.05, 0.1) is 12.1 Å². The number of rotatable bonds is 1. The first-order chi connectivity index (χ1) is 5.79. The lowest BCUT2D eigenvalue weighted by atomic mass is 9.79. The molecule has 0 spiro atoms. The first-order valence-electron chi connectivity index (χ1n) is 4.59. The molecule has 0 aromatic rings. The van der Waals surface area contributed by atoms with Gasteiger partial charge >= 0.3 is 0 Å². The van der Waals surface area contributed by atoms with Crippen molar-refractivity contribution >= 4 is 0 Å². The van der Waals surface area contributed by atoms with Gasteiger partial charge in [0.2, 0.25) is 0 Å². The monoisotopic (exact) mass is 185 g/mol. The second-order valence-corrected chi connectivity index (χ2v) is 4.93. The lowest BCUT2D eigenvalue weighted by Gasteiger charge is -2.44. The van der Waals surface area contributed by atoms with Crippen molar-refractivity contribution in [2.75, 3.05) is 13.2 Å². The number of hydrogen-bond donors (Lipinski definition) is 2. The molecule has 0 amide bonds. The highest BCUT2D eigenvalue weighted by molar-refractivity contribution is 5.23. The Kier molecular flexibility index (Phi) is 2.54. The van der Waals surface area contributed by atoms with E-state index in [1.807, 2.05) is 27.7 Å². The molecule has 0 aromatic heterocycles. The number of hydroxylamine groups is 2. The highest BCUT2D eigenvalue weighted by Crippen LogP contribution is 2.35. The van der Waals surface area contributed by atoms with Crippen molar-refractivity contribution in [2.24, 2.45) is 5.41 Å².